The lowest BCUT2D eigenvalue weighted by Gasteiger charge is -2.22. The number of carbonyl (C=O) groups excluding carboxylic acids is 1. The summed E-state index contributed by atoms with van der Waals surface area (Å²) in [5, 5.41) is 16.7. The molecule has 1 aliphatic carbocycles. The quantitative estimate of drug-likeness (QED) is 0.599. The first-order valence-corrected chi connectivity index (χ1v) is 10.2. The van der Waals surface area contributed by atoms with Crippen LogP contribution in [0.25, 0.3) is 5.69 Å². The molecular formula is C17H18N4OS3. The first kappa shape index (κ1) is 18.1. The van der Waals surface area contributed by atoms with Gasteiger partial charge in [-0.3, -0.25) is 4.79 Å². The highest BCUT2D eigenvalue weighted by molar-refractivity contribution is 8.01. The van der Waals surface area contributed by atoms with E-state index in [0.29, 0.717) is 3.95 Å². The zero-order valence-electron chi connectivity index (χ0n) is 14.0. The van der Waals surface area contributed by atoms with E-state index in [1.807, 2.05) is 31.2 Å². The number of rotatable bonds is 6. The number of nitriles is 1. The minimum atomic E-state index is -0.759. The van der Waals surface area contributed by atoms with E-state index in [0.717, 1.165) is 28.4 Å². The van der Waals surface area contributed by atoms with E-state index >= 15 is 0 Å². The zero-order chi connectivity index (χ0) is 18.0. The van der Waals surface area contributed by atoms with Crippen molar-refractivity contribution in [2.24, 2.45) is 5.92 Å². The van der Waals surface area contributed by atoms with Crippen LogP contribution >= 0.6 is 35.3 Å². The highest BCUT2D eigenvalue weighted by Crippen LogP contribution is 2.39. The van der Waals surface area contributed by atoms with Crippen LogP contribution in [0.1, 0.15) is 25.3 Å². The fourth-order valence-electron chi connectivity index (χ4n) is 2.61. The van der Waals surface area contributed by atoms with Crippen LogP contribution in [0.4, 0.5) is 0 Å². The molecule has 0 radical (unpaired) electrons. The lowest BCUT2D eigenvalue weighted by Crippen LogP contribution is -2.47. The number of hydrogen-bond acceptors (Lipinski definition) is 6. The molecule has 3 rings (SSSR count). The number of nitrogens with one attached hydrogen (secondary N) is 1. The van der Waals surface area contributed by atoms with Crippen LogP contribution in [0.2, 0.25) is 0 Å². The number of benzene rings is 1. The van der Waals surface area contributed by atoms with Crippen LogP contribution in [0, 0.1) is 28.1 Å². The van der Waals surface area contributed by atoms with Crippen LogP contribution in [0.3, 0.4) is 0 Å². The summed E-state index contributed by atoms with van der Waals surface area (Å²) in [4.78, 5) is 12.2. The molecule has 0 aliphatic heterocycles. The van der Waals surface area contributed by atoms with Gasteiger partial charge in [-0.1, -0.05) is 41.3 Å². The van der Waals surface area contributed by atoms with Crippen LogP contribution < -0.4 is 5.32 Å². The Balaban J connectivity index is 1.66. The number of para-hydroxylation sites is 1. The molecule has 1 aromatic carbocycles. The third kappa shape index (κ3) is 4.11. The maximum atomic E-state index is 12.2. The molecule has 1 N–H and O–H groups in total. The van der Waals surface area contributed by atoms with Gasteiger partial charge in [0.25, 0.3) is 0 Å². The molecule has 0 saturated heterocycles. The van der Waals surface area contributed by atoms with E-state index in [1.54, 1.807) is 11.6 Å². The van der Waals surface area contributed by atoms with E-state index in [2.05, 4.69) is 16.5 Å². The smallest absolute Gasteiger partial charge is 0.231 e. The molecule has 1 saturated carbocycles. The minimum absolute atomic E-state index is 0.149. The molecule has 1 aliphatic rings. The van der Waals surface area contributed by atoms with Crippen molar-refractivity contribution >= 4 is 41.2 Å². The van der Waals surface area contributed by atoms with Gasteiger partial charge < -0.3 is 5.32 Å². The first-order chi connectivity index (χ1) is 11.9. The fourth-order valence-corrected chi connectivity index (χ4v) is 4.75. The molecule has 0 unspecified atom stereocenters. The number of thioether (sulfide) groups is 1. The number of amides is 1. The number of aryl methyl sites for hydroxylation is 1. The van der Waals surface area contributed by atoms with Crippen molar-refractivity contribution in [1.82, 2.24) is 15.1 Å². The molecule has 25 heavy (non-hydrogen) atoms. The summed E-state index contributed by atoms with van der Waals surface area (Å²) in [5.74, 6) is 0.346. The summed E-state index contributed by atoms with van der Waals surface area (Å²) in [6.45, 7) is 3.81. The van der Waals surface area contributed by atoms with Crippen LogP contribution in [-0.2, 0) is 4.79 Å². The normalized spacial score (nSPS) is 16.0. The fraction of sp³-hybridized carbons (Fsp3) is 0.412. The molecule has 1 atom stereocenters. The molecular weight excluding hydrogens is 372 g/mol. The zero-order valence-corrected chi connectivity index (χ0v) is 16.4. The Morgan fingerprint density at radius 3 is 2.92 bits per heavy atom. The standard InChI is InChI=1S/C17H18N4OS3/c1-11-5-3-4-6-13(11)21-16(23)25-15(20-21)24-9-14(22)19-17(2,10-18)12-7-8-12/h3-6,12H,7-9H2,1-2H3,(H,19,22)/t17-/m1/s1. The highest BCUT2D eigenvalue weighted by Gasteiger charge is 2.42. The Morgan fingerprint density at radius 2 is 2.28 bits per heavy atom. The van der Waals surface area contributed by atoms with Crippen molar-refractivity contribution in [2.75, 3.05) is 5.75 Å². The van der Waals surface area contributed by atoms with Crippen LogP contribution in [0.15, 0.2) is 28.6 Å². The second-order valence-electron chi connectivity index (χ2n) is 6.26. The average Bonchev–Trinajstić information content (AvgIpc) is 3.38. The second-order valence-corrected chi connectivity index (χ2v) is 9.10. The monoisotopic (exact) mass is 390 g/mol. The van der Waals surface area contributed by atoms with Gasteiger partial charge in [0.15, 0.2) is 8.29 Å². The predicted octanol–water partition coefficient (Wildman–Crippen LogP) is 3.87. The maximum absolute atomic E-state index is 12.2. The number of carbonyl (C=O) groups is 1. The molecule has 0 bridgehead atoms. The third-order valence-electron chi connectivity index (χ3n) is 4.22. The Labute approximate surface area is 160 Å². The van der Waals surface area contributed by atoms with Gasteiger partial charge in [-0.25, -0.2) is 4.68 Å². The van der Waals surface area contributed by atoms with Gasteiger partial charge in [0, 0.05) is 0 Å². The Kier molecular flexibility index (Phi) is 5.27. The maximum Gasteiger partial charge on any atom is 0.231 e. The average molecular weight is 391 g/mol. The van der Waals surface area contributed by atoms with E-state index in [4.69, 9.17) is 12.2 Å². The molecule has 1 heterocycles. The summed E-state index contributed by atoms with van der Waals surface area (Å²) in [5.41, 5.74) is 1.28. The summed E-state index contributed by atoms with van der Waals surface area (Å²) in [6, 6.07) is 10.1. The van der Waals surface area contributed by atoms with E-state index in [-0.39, 0.29) is 17.6 Å². The van der Waals surface area contributed by atoms with Gasteiger partial charge in [-0.2, -0.15) is 5.26 Å². The SMILES string of the molecule is Cc1ccccc1-n1nc(SCC(=O)N[C@](C)(C#N)C2CC2)sc1=S. The van der Waals surface area contributed by atoms with Crippen LogP contribution in [0.5, 0.6) is 0 Å². The number of nitrogens with zero attached hydrogens (tertiary/aromatic N) is 3. The Bertz CT molecular complexity index is 894. The van der Waals surface area contributed by atoms with Gasteiger partial charge >= 0.3 is 0 Å². The molecule has 130 valence electrons. The van der Waals surface area contributed by atoms with Gasteiger partial charge in [0.1, 0.15) is 5.54 Å². The first-order valence-electron chi connectivity index (χ1n) is 7.94. The van der Waals surface area contributed by atoms with Gasteiger partial charge in [0.05, 0.1) is 17.5 Å². The predicted molar refractivity (Wildman–Crippen MR) is 103 cm³/mol. The number of hydrogen-bond donors (Lipinski definition) is 1. The Morgan fingerprint density at radius 1 is 1.56 bits per heavy atom. The van der Waals surface area contributed by atoms with Crippen molar-refractivity contribution in [3.05, 3.63) is 33.8 Å². The van der Waals surface area contributed by atoms with Crippen molar-refractivity contribution in [1.29, 1.82) is 5.26 Å². The van der Waals surface area contributed by atoms with E-state index < -0.39 is 5.54 Å². The molecule has 1 aromatic heterocycles. The largest absolute Gasteiger partial charge is 0.337 e. The van der Waals surface area contributed by atoms with Gasteiger partial charge in [0.2, 0.25) is 5.91 Å². The molecule has 1 amide bonds. The third-order valence-corrected chi connectivity index (χ3v) is 6.59. The van der Waals surface area contributed by atoms with E-state index in [9.17, 15) is 10.1 Å². The number of aromatic nitrogens is 2. The van der Waals surface area contributed by atoms with Crippen molar-refractivity contribution in [2.45, 2.75) is 36.6 Å². The molecule has 5 nitrogen and oxygen atoms in total. The highest BCUT2D eigenvalue weighted by atomic mass is 32.2. The Hall–Kier alpha value is -1.69. The summed E-state index contributed by atoms with van der Waals surface area (Å²) in [6.07, 6.45) is 2.00. The van der Waals surface area contributed by atoms with E-state index in [1.165, 1.54) is 23.1 Å². The molecule has 8 heteroatoms. The van der Waals surface area contributed by atoms with Crippen LogP contribution in [-0.4, -0.2) is 27.0 Å². The van der Waals surface area contributed by atoms with Gasteiger partial charge in [-0.05, 0) is 56.5 Å². The van der Waals surface area contributed by atoms with Crippen molar-refractivity contribution < 1.29 is 4.79 Å². The lowest BCUT2D eigenvalue weighted by atomic mass is 9.98. The molecule has 2 aromatic rings. The lowest BCUT2D eigenvalue weighted by molar-refractivity contribution is -0.119. The van der Waals surface area contributed by atoms with Gasteiger partial charge in [-0.15, -0.1) is 5.10 Å². The minimum Gasteiger partial charge on any atom is -0.337 e. The molecule has 1 fully saturated rings. The summed E-state index contributed by atoms with van der Waals surface area (Å²) in [7, 11) is 0. The van der Waals surface area contributed by atoms with Crippen molar-refractivity contribution in [3.8, 4) is 11.8 Å². The summed E-state index contributed by atoms with van der Waals surface area (Å²) >= 11 is 8.14. The second kappa shape index (κ2) is 7.28. The van der Waals surface area contributed by atoms with Crippen molar-refractivity contribution in [3.63, 3.8) is 0 Å². The molecule has 0 spiro atoms. The topological polar surface area (TPSA) is 70.7 Å². The summed E-state index contributed by atoms with van der Waals surface area (Å²) < 4.78 is 3.13.